The number of unbranched alkanes of at least 4 members (excludes halogenated alkanes) is 5. The first kappa shape index (κ1) is 16.0. The minimum Gasteiger partial charge on any atom is -0.462 e. The fourth-order valence-electron chi connectivity index (χ4n) is 1.79. The Bertz CT molecular complexity index is 407. The van der Waals surface area contributed by atoms with E-state index in [1.807, 2.05) is 0 Å². The Morgan fingerprint density at radius 1 is 1.21 bits per heavy atom. The third kappa shape index (κ3) is 5.60. The highest BCUT2D eigenvalue weighted by atomic mass is 35.5. The zero-order valence-electron chi connectivity index (χ0n) is 11.3. The molecule has 19 heavy (non-hydrogen) atoms. The van der Waals surface area contributed by atoms with Crippen molar-refractivity contribution in [3.05, 3.63) is 34.6 Å². The van der Waals surface area contributed by atoms with Gasteiger partial charge < -0.3 is 4.74 Å². The zero-order valence-corrected chi connectivity index (χ0v) is 12.0. The summed E-state index contributed by atoms with van der Waals surface area (Å²) in [5.74, 6) is -1.36. The van der Waals surface area contributed by atoms with Gasteiger partial charge in [0.1, 0.15) is 0 Å². The lowest BCUT2D eigenvalue weighted by molar-refractivity contribution is 0.0492. The zero-order chi connectivity index (χ0) is 14.1. The van der Waals surface area contributed by atoms with Crippen LogP contribution in [0.25, 0.3) is 0 Å². The van der Waals surface area contributed by atoms with Gasteiger partial charge in [0, 0.05) is 0 Å². The van der Waals surface area contributed by atoms with Crippen molar-refractivity contribution in [2.75, 3.05) is 6.61 Å². The number of carbonyl (C=O) groups excluding carboxylic acids is 1. The molecule has 4 heteroatoms. The normalized spacial score (nSPS) is 10.5. The van der Waals surface area contributed by atoms with E-state index in [-0.39, 0.29) is 10.6 Å². The van der Waals surface area contributed by atoms with E-state index in [1.165, 1.54) is 37.5 Å². The fraction of sp³-hybridized carbons (Fsp3) is 0.533. The molecule has 0 amide bonds. The maximum atomic E-state index is 13.5. The summed E-state index contributed by atoms with van der Waals surface area (Å²) in [6.07, 6.45) is 6.67. The predicted octanol–water partition coefficient (Wildman–Crippen LogP) is 5.00. The summed E-state index contributed by atoms with van der Waals surface area (Å²) in [4.78, 5) is 11.6. The molecule has 0 radical (unpaired) electrons. The van der Waals surface area contributed by atoms with Gasteiger partial charge in [-0.3, -0.25) is 0 Å². The minimum absolute atomic E-state index is 0.0611. The summed E-state index contributed by atoms with van der Waals surface area (Å²) < 4.78 is 18.6. The molecule has 0 fully saturated rings. The van der Waals surface area contributed by atoms with Crippen LogP contribution < -0.4 is 0 Å². The third-order valence-corrected chi connectivity index (χ3v) is 3.19. The molecule has 1 aromatic rings. The molecule has 0 heterocycles. The Morgan fingerprint density at radius 3 is 2.63 bits per heavy atom. The van der Waals surface area contributed by atoms with Crippen LogP contribution in [-0.2, 0) is 4.74 Å². The van der Waals surface area contributed by atoms with Crippen molar-refractivity contribution in [3.63, 3.8) is 0 Å². The van der Waals surface area contributed by atoms with Gasteiger partial charge in [0.25, 0.3) is 0 Å². The molecule has 1 rings (SSSR count). The highest BCUT2D eigenvalue weighted by Gasteiger charge is 2.14. The van der Waals surface area contributed by atoms with Gasteiger partial charge in [0.2, 0.25) is 0 Å². The molecular formula is C15H20ClFO2. The van der Waals surface area contributed by atoms with Crippen LogP contribution in [0, 0.1) is 5.82 Å². The second-order valence-corrected chi connectivity index (χ2v) is 4.91. The first-order valence-electron chi connectivity index (χ1n) is 6.78. The summed E-state index contributed by atoms with van der Waals surface area (Å²) in [6.45, 7) is 2.50. The molecular weight excluding hydrogens is 267 g/mol. The van der Waals surface area contributed by atoms with Crippen molar-refractivity contribution >= 4 is 17.6 Å². The van der Waals surface area contributed by atoms with Crippen LogP contribution in [0.4, 0.5) is 4.39 Å². The number of rotatable bonds is 8. The molecule has 2 nitrogen and oxygen atoms in total. The summed E-state index contributed by atoms with van der Waals surface area (Å²) in [7, 11) is 0. The summed E-state index contributed by atoms with van der Waals surface area (Å²) in [5, 5.41) is -0.0611. The van der Waals surface area contributed by atoms with Crippen LogP contribution in [0.1, 0.15) is 55.8 Å². The van der Waals surface area contributed by atoms with Crippen LogP contribution in [0.5, 0.6) is 0 Å². The number of benzene rings is 1. The maximum absolute atomic E-state index is 13.5. The lowest BCUT2D eigenvalue weighted by atomic mass is 10.1. The lowest BCUT2D eigenvalue weighted by Crippen LogP contribution is -2.08. The van der Waals surface area contributed by atoms with Crippen molar-refractivity contribution < 1.29 is 13.9 Å². The molecule has 0 aliphatic carbocycles. The number of halogens is 2. The Balaban J connectivity index is 2.26. The second kappa shape index (κ2) is 8.92. The van der Waals surface area contributed by atoms with Crippen LogP contribution in [0.2, 0.25) is 5.02 Å². The first-order valence-corrected chi connectivity index (χ1v) is 7.15. The fourth-order valence-corrected chi connectivity index (χ4v) is 1.96. The molecule has 0 spiro atoms. The van der Waals surface area contributed by atoms with Crippen LogP contribution >= 0.6 is 11.6 Å². The number of carbonyl (C=O) groups is 1. The standard InChI is InChI=1S/C15H20ClFO2/c1-2-3-4-5-6-7-11-19-15(18)12-9-8-10-13(16)14(12)17/h8-10H,2-7,11H2,1H3. The van der Waals surface area contributed by atoms with E-state index in [0.717, 1.165) is 19.3 Å². The first-order chi connectivity index (χ1) is 9.16. The van der Waals surface area contributed by atoms with Crippen molar-refractivity contribution in [1.82, 2.24) is 0 Å². The number of hydrogen-bond donors (Lipinski definition) is 0. The Morgan fingerprint density at radius 2 is 1.89 bits per heavy atom. The van der Waals surface area contributed by atoms with Crippen molar-refractivity contribution in [2.45, 2.75) is 45.4 Å². The van der Waals surface area contributed by atoms with E-state index in [9.17, 15) is 9.18 Å². The lowest BCUT2D eigenvalue weighted by Gasteiger charge is -2.06. The molecule has 0 unspecified atom stereocenters. The summed E-state index contributed by atoms with van der Waals surface area (Å²) in [5.41, 5.74) is -0.0986. The molecule has 0 aliphatic rings. The van der Waals surface area contributed by atoms with E-state index in [2.05, 4.69) is 6.92 Å². The van der Waals surface area contributed by atoms with Gasteiger partial charge in [-0.1, -0.05) is 56.7 Å². The predicted molar refractivity (Wildman–Crippen MR) is 75.1 cm³/mol. The molecule has 0 aliphatic heterocycles. The average Bonchev–Trinajstić information content (AvgIpc) is 2.40. The SMILES string of the molecule is CCCCCCCCOC(=O)c1cccc(Cl)c1F. The van der Waals surface area contributed by atoms with Gasteiger partial charge in [-0.25, -0.2) is 9.18 Å². The van der Waals surface area contributed by atoms with Gasteiger partial charge in [0.05, 0.1) is 17.2 Å². The van der Waals surface area contributed by atoms with Gasteiger partial charge >= 0.3 is 5.97 Å². The maximum Gasteiger partial charge on any atom is 0.341 e. The van der Waals surface area contributed by atoms with Gasteiger partial charge in [0.15, 0.2) is 5.82 Å². The third-order valence-electron chi connectivity index (χ3n) is 2.90. The molecule has 0 bridgehead atoms. The Labute approximate surface area is 118 Å². The quantitative estimate of drug-likeness (QED) is 0.497. The smallest absolute Gasteiger partial charge is 0.341 e. The molecule has 1 aromatic carbocycles. The largest absolute Gasteiger partial charge is 0.462 e. The number of ether oxygens (including phenoxy) is 1. The highest BCUT2D eigenvalue weighted by Crippen LogP contribution is 2.18. The molecule has 0 N–H and O–H groups in total. The Kier molecular flexibility index (Phi) is 7.49. The van der Waals surface area contributed by atoms with E-state index in [1.54, 1.807) is 0 Å². The van der Waals surface area contributed by atoms with E-state index in [4.69, 9.17) is 16.3 Å². The molecule has 0 saturated carbocycles. The highest BCUT2D eigenvalue weighted by molar-refractivity contribution is 6.31. The number of esters is 1. The van der Waals surface area contributed by atoms with Gasteiger partial charge in [-0.15, -0.1) is 0 Å². The van der Waals surface area contributed by atoms with Crippen LogP contribution in [0.3, 0.4) is 0 Å². The molecule has 0 saturated heterocycles. The van der Waals surface area contributed by atoms with E-state index >= 15 is 0 Å². The summed E-state index contributed by atoms with van der Waals surface area (Å²) >= 11 is 5.61. The van der Waals surface area contributed by atoms with Crippen LogP contribution in [-0.4, -0.2) is 12.6 Å². The average molecular weight is 287 g/mol. The molecule has 0 atom stereocenters. The Hall–Kier alpha value is -1.09. The second-order valence-electron chi connectivity index (χ2n) is 4.51. The van der Waals surface area contributed by atoms with Gasteiger partial charge in [-0.05, 0) is 18.6 Å². The minimum atomic E-state index is -0.711. The van der Waals surface area contributed by atoms with Crippen molar-refractivity contribution in [1.29, 1.82) is 0 Å². The van der Waals surface area contributed by atoms with E-state index < -0.39 is 11.8 Å². The van der Waals surface area contributed by atoms with Gasteiger partial charge in [-0.2, -0.15) is 0 Å². The van der Waals surface area contributed by atoms with Crippen molar-refractivity contribution in [3.8, 4) is 0 Å². The number of hydrogen-bond acceptors (Lipinski definition) is 2. The monoisotopic (exact) mass is 286 g/mol. The van der Waals surface area contributed by atoms with E-state index in [0.29, 0.717) is 6.61 Å². The molecule has 0 aromatic heterocycles. The summed E-state index contributed by atoms with van der Waals surface area (Å²) in [6, 6.07) is 4.32. The van der Waals surface area contributed by atoms with Crippen molar-refractivity contribution in [2.24, 2.45) is 0 Å². The topological polar surface area (TPSA) is 26.3 Å². The molecule has 106 valence electrons. The van der Waals surface area contributed by atoms with Crippen LogP contribution in [0.15, 0.2) is 18.2 Å².